The lowest BCUT2D eigenvalue weighted by Crippen LogP contribution is -2.26. The fourth-order valence-corrected chi connectivity index (χ4v) is 2.94. The van der Waals surface area contributed by atoms with E-state index in [0.717, 1.165) is 22.0 Å². The number of likely N-dealkylation sites (N-methyl/N-ethyl adjacent to an activating group) is 2. The van der Waals surface area contributed by atoms with Crippen molar-refractivity contribution in [1.82, 2.24) is 10.6 Å². The summed E-state index contributed by atoms with van der Waals surface area (Å²) in [5.74, 6) is 0.494. The molecule has 0 atom stereocenters. The number of rotatable bonds is 5. The monoisotopic (exact) mass is 334 g/mol. The van der Waals surface area contributed by atoms with Gasteiger partial charge in [0.05, 0.1) is 0 Å². The van der Waals surface area contributed by atoms with E-state index < -0.39 is 0 Å². The van der Waals surface area contributed by atoms with Gasteiger partial charge in [-0.1, -0.05) is 31.9 Å². The van der Waals surface area contributed by atoms with Crippen molar-refractivity contribution in [3.05, 3.63) is 32.7 Å². The van der Waals surface area contributed by atoms with E-state index in [0.29, 0.717) is 5.92 Å². The molecule has 0 saturated heterocycles. The molecule has 1 aromatic rings. The van der Waals surface area contributed by atoms with Gasteiger partial charge < -0.3 is 10.6 Å². The Morgan fingerprint density at radius 3 is 1.87 bits per heavy atom. The van der Waals surface area contributed by atoms with E-state index >= 15 is 0 Å². The second-order valence-corrected chi connectivity index (χ2v) is 5.35. The van der Waals surface area contributed by atoms with Gasteiger partial charge in [0, 0.05) is 28.0 Å². The predicted octanol–water partition coefficient (Wildman–Crippen LogP) is 2.73. The number of hydrogen-bond donors (Lipinski definition) is 2. The van der Waals surface area contributed by atoms with Gasteiger partial charge >= 0.3 is 0 Å². The highest BCUT2D eigenvalue weighted by atomic mass is 79.9. The molecule has 1 aromatic carbocycles. The summed E-state index contributed by atoms with van der Waals surface area (Å²) in [7, 11) is 3.96. The molecule has 0 heterocycles. The van der Waals surface area contributed by atoms with Gasteiger partial charge in [-0.3, -0.25) is 0 Å². The van der Waals surface area contributed by atoms with Gasteiger partial charge in [-0.2, -0.15) is 0 Å². The number of hydrogen-bond acceptors (Lipinski definition) is 2. The van der Waals surface area contributed by atoms with Crippen molar-refractivity contribution in [2.24, 2.45) is 0 Å². The first-order valence-corrected chi connectivity index (χ1v) is 6.51. The van der Waals surface area contributed by atoms with Gasteiger partial charge in [-0.25, -0.2) is 0 Å². The Labute approximate surface area is 108 Å². The Balaban J connectivity index is 2.88. The lowest BCUT2D eigenvalue weighted by atomic mass is 9.99. The van der Waals surface area contributed by atoms with E-state index in [4.69, 9.17) is 0 Å². The number of benzene rings is 1. The first-order chi connectivity index (χ1) is 7.17. The predicted molar refractivity (Wildman–Crippen MR) is 72.4 cm³/mol. The zero-order chi connectivity index (χ0) is 11.3. The summed E-state index contributed by atoms with van der Waals surface area (Å²) in [5, 5.41) is 6.44. The van der Waals surface area contributed by atoms with Crippen LogP contribution in [0.15, 0.2) is 27.1 Å². The van der Waals surface area contributed by atoms with Crippen LogP contribution < -0.4 is 10.6 Å². The largest absolute Gasteiger partial charge is 0.319 e. The Morgan fingerprint density at radius 1 is 1.00 bits per heavy atom. The van der Waals surface area contributed by atoms with Crippen LogP contribution in [-0.2, 0) is 0 Å². The summed E-state index contributed by atoms with van der Waals surface area (Å²) in [4.78, 5) is 0. The smallest absolute Gasteiger partial charge is 0.0189 e. The average molecular weight is 336 g/mol. The summed E-state index contributed by atoms with van der Waals surface area (Å²) in [5.41, 5.74) is 1.33. The molecule has 0 spiro atoms. The molecule has 1 rings (SSSR count). The zero-order valence-corrected chi connectivity index (χ0v) is 12.2. The Hall–Kier alpha value is 0.1000. The van der Waals surface area contributed by atoms with Crippen molar-refractivity contribution in [3.8, 4) is 0 Å². The zero-order valence-electron chi connectivity index (χ0n) is 8.98. The fourth-order valence-electron chi connectivity index (χ4n) is 1.61. The van der Waals surface area contributed by atoms with Gasteiger partial charge in [0.25, 0.3) is 0 Å². The molecule has 0 aromatic heterocycles. The number of halogens is 2. The standard InChI is InChI=1S/C11H16Br2N2/c1-14-6-9(7-15-2)8-3-10(12)5-11(13)4-8/h3-5,9,14-15H,6-7H2,1-2H3. The van der Waals surface area contributed by atoms with Crippen LogP contribution in [-0.4, -0.2) is 27.2 Å². The summed E-state index contributed by atoms with van der Waals surface area (Å²) < 4.78 is 2.23. The second-order valence-electron chi connectivity index (χ2n) is 3.52. The molecule has 84 valence electrons. The SMILES string of the molecule is CNCC(CNC)c1cc(Br)cc(Br)c1. The fraction of sp³-hybridized carbons (Fsp3) is 0.455. The molecule has 0 aliphatic heterocycles. The Bertz CT molecular complexity index is 289. The van der Waals surface area contributed by atoms with Crippen LogP contribution in [0.2, 0.25) is 0 Å². The van der Waals surface area contributed by atoms with E-state index in [2.05, 4.69) is 60.7 Å². The maximum absolute atomic E-state index is 3.51. The van der Waals surface area contributed by atoms with Crippen molar-refractivity contribution in [2.45, 2.75) is 5.92 Å². The molecule has 0 amide bonds. The van der Waals surface area contributed by atoms with Crippen molar-refractivity contribution in [1.29, 1.82) is 0 Å². The van der Waals surface area contributed by atoms with Crippen molar-refractivity contribution < 1.29 is 0 Å². The van der Waals surface area contributed by atoms with E-state index in [9.17, 15) is 0 Å². The summed E-state index contributed by atoms with van der Waals surface area (Å²) in [6.45, 7) is 1.95. The maximum atomic E-state index is 3.51. The van der Waals surface area contributed by atoms with Crippen LogP contribution in [0.4, 0.5) is 0 Å². The van der Waals surface area contributed by atoms with Gasteiger partial charge in [0.15, 0.2) is 0 Å². The Morgan fingerprint density at radius 2 is 1.47 bits per heavy atom. The van der Waals surface area contributed by atoms with Crippen molar-refractivity contribution in [2.75, 3.05) is 27.2 Å². The molecule has 0 unspecified atom stereocenters. The molecule has 2 N–H and O–H groups in total. The molecule has 4 heteroatoms. The van der Waals surface area contributed by atoms with Gasteiger partial charge in [0.2, 0.25) is 0 Å². The molecule has 2 nitrogen and oxygen atoms in total. The average Bonchev–Trinajstić information content (AvgIpc) is 2.16. The molecule has 15 heavy (non-hydrogen) atoms. The quantitative estimate of drug-likeness (QED) is 0.864. The third-order valence-corrected chi connectivity index (χ3v) is 3.17. The highest BCUT2D eigenvalue weighted by Gasteiger charge is 2.10. The van der Waals surface area contributed by atoms with Gasteiger partial charge in [-0.05, 0) is 37.9 Å². The molecule has 0 aliphatic carbocycles. The first-order valence-electron chi connectivity index (χ1n) is 4.92. The van der Waals surface area contributed by atoms with E-state index in [1.165, 1.54) is 5.56 Å². The van der Waals surface area contributed by atoms with E-state index in [1.807, 2.05) is 14.1 Å². The highest BCUT2D eigenvalue weighted by Crippen LogP contribution is 2.24. The normalized spacial score (nSPS) is 11.0. The van der Waals surface area contributed by atoms with Crippen molar-refractivity contribution >= 4 is 31.9 Å². The van der Waals surface area contributed by atoms with E-state index in [1.54, 1.807) is 0 Å². The highest BCUT2D eigenvalue weighted by molar-refractivity contribution is 9.11. The third-order valence-electron chi connectivity index (χ3n) is 2.26. The minimum Gasteiger partial charge on any atom is -0.319 e. The van der Waals surface area contributed by atoms with Crippen LogP contribution in [0.5, 0.6) is 0 Å². The minimum atomic E-state index is 0.494. The first kappa shape index (κ1) is 13.2. The van der Waals surface area contributed by atoms with Gasteiger partial charge in [-0.15, -0.1) is 0 Å². The van der Waals surface area contributed by atoms with Gasteiger partial charge in [0.1, 0.15) is 0 Å². The summed E-state index contributed by atoms with van der Waals surface area (Å²) >= 11 is 7.03. The molecular formula is C11H16Br2N2. The lowest BCUT2D eigenvalue weighted by Gasteiger charge is -2.17. The number of nitrogens with one attached hydrogen (secondary N) is 2. The minimum absolute atomic E-state index is 0.494. The molecule has 0 bridgehead atoms. The van der Waals surface area contributed by atoms with Crippen LogP contribution in [0.25, 0.3) is 0 Å². The van der Waals surface area contributed by atoms with Crippen LogP contribution in [0.3, 0.4) is 0 Å². The summed E-state index contributed by atoms with van der Waals surface area (Å²) in [6, 6.07) is 6.40. The Kier molecular flexibility index (Phi) is 5.82. The van der Waals surface area contributed by atoms with E-state index in [-0.39, 0.29) is 0 Å². The van der Waals surface area contributed by atoms with Crippen LogP contribution >= 0.6 is 31.9 Å². The topological polar surface area (TPSA) is 24.1 Å². The maximum Gasteiger partial charge on any atom is 0.0189 e. The molecule has 0 aliphatic rings. The molecular weight excluding hydrogens is 320 g/mol. The lowest BCUT2D eigenvalue weighted by molar-refractivity contribution is 0.590. The molecule has 0 fully saturated rings. The van der Waals surface area contributed by atoms with Crippen molar-refractivity contribution in [3.63, 3.8) is 0 Å². The van der Waals surface area contributed by atoms with Crippen LogP contribution in [0, 0.1) is 0 Å². The molecule has 0 radical (unpaired) electrons. The summed E-state index contributed by atoms with van der Waals surface area (Å²) in [6.07, 6.45) is 0. The third kappa shape index (κ3) is 4.23. The molecule has 0 saturated carbocycles. The second kappa shape index (κ2) is 6.63. The van der Waals surface area contributed by atoms with Crippen LogP contribution in [0.1, 0.15) is 11.5 Å².